The first kappa shape index (κ1) is 25.0. The molecule has 1 saturated heterocycles. The van der Waals surface area contributed by atoms with Crippen molar-refractivity contribution in [3.8, 4) is 0 Å². The maximum Gasteiger partial charge on any atom is 0.243 e. The number of sulfonamides is 1. The Balaban J connectivity index is 2.11. The van der Waals surface area contributed by atoms with E-state index in [0.717, 1.165) is 56.9 Å². The molecule has 0 spiro atoms. The van der Waals surface area contributed by atoms with E-state index in [-0.39, 0.29) is 6.04 Å². The molecule has 1 aliphatic heterocycles. The van der Waals surface area contributed by atoms with Crippen molar-refractivity contribution < 1.29 is 8.42 Å². The van der Waals surface area contributed by atoms with Gasteiger partial charge < -0.3 is 10.2 Å². The van der Waals surface area contributed by atoms with Gasteiger partial charge in [0.25, 0.3) is 0 Å². The highest BCUT2D eigenvalue weighted by Crippen LogP contribution is 2.30. The first-order chi connectivity index (χ1) is 14.0. The zero-order valence-electron chi connectivity index (χ0n) is 18.1. The van der Waals surface area contributed by atoms with Crippen molar-refractivity contribution in [1.29, 1.82) is 0 Å². The Hall–Kier alpha value is -0.250. The normalized spacial score (nSPS) is 16.0. The summed E-state index contributed by atoms with van der Waals surface area (Å²) in [5.74, 6) is 0. The number of hydrogen-bond donors (Lipinski definition) is 1. The van der Waals surface area contributed by atoms with Crippen LogP contribution in [0, 0.1) is 0 Å². The van der Waals surface area contributed by atoms with E-state index in [0.29, 0.717) is 11.4 Å². The lowest BCUT2D eigenvalue weighted by atomic mass is 10.1. The summed E-state index contributed by atoms with van der Waals surface area (Å²) in [4.78, 5) is 3.93. The first-order valence-electron chi connectivity index (χ1n) is 10.8. The minimum absolute atomic E-state index is 0.0900. The zero-order valence-corrected chi connectivity index (χ0v) is 20.6. The van der Waals surface area contributed by atoms with E-state index in [4.69, 9.17) is 0 Å². The lowest BCUT2D eigenvalue weighted by molar-refractivity contribution is 0.231. The topological polar surface area (TPSA) is 52.6 Å². The Morgan fingerprint density at radius 1 is 1.03 bits per heavy atom. The number of hydrogen-bond acceptors (Lipinski definition) is 6. The van der Waals surface area contributed by atoms with Gasteiger partial charge in [0.1, 0.15) is 0 Å². The Morgan fingerprint density at radius 3 is 2.28 bits per heavy atom. The highest BCUT2D eigenvalue weighted by molar-refractivity contribution is 8.76. The van der Waals surface area contributed by atoms with Crippen LogP contribution in [0.25, 0.3) is 0 Å². The molecule has 0 unspecified atom stereocenters. The van der Waals surface area contributed by atoms with Crippen molar-refractivity contribution in [2.45, 2.75) is 61.8 Å². The summed E-state index contributed by atoms with van der Waals surface area (Å²) in [5.41, 5.74) is 0. The van der Waals surface area contributed by atoms with Gasteiger partial charge >= 0.3 is 0 Å². The van der Waals surface area contributed by atoms with E-state index in [1.54, 1.807) is 38.0 Å². The Bertz CT molecular complexity index is 677. The van der Waals surface area contributed by atoms with E-state index < -0.39 is 10.0 Å². The van der Waals surface area contributed by atoms with Crippen LogP contribution < -0.4 is 5.32 Å². The average Bonchev–Trinajstić information content (AvgIpc) is 2.74. The van der Waals surface area contributed by atoms with Gasteiger partial charge in [-0.1, -0.05) is 41.9 Å². The van der Waals surface area contributed by atoms with Crippen LogP contribution in [0.3, 0.4) is 0 Å². The molecule has 1 heterocycles. The molecule has 0 atom stereocenters. The predicted octanol–water partition coefficient (Wildman–Crippen LogP) is 4.31. The molecule has 8 heteroatoms. The summed E-state index contributed by atoms with van der Waals surface area (Å²) in [6.45, 7) is 9.84. The summed E-state index contributed by atoms with van der Waals surface area (Å²) in [6.07, 6.45) is 7.05. The second kappa shape index (κ2) is 13.2. The molecule has 1 aliphatic rings. The first-order valence-corrected chi connectivity index (χ1v) is 14.8. The quantitative estimate of drug-likeness (QED) is 0.444. The smallest absolute Gasteiger partial charge is 0.243 e. The third kappa shape index (κ3) is 7.74. The van der Waals surface area contributed by atoms with Gasteiger partial charge in [-0.15, -0.1) is 0 Å². The third-order valence-electron chi connectivity index (χ3n) is 5.45. The molecule has 0 amide bonds. The number of piperidine rings is 1. The van der Waals surface area contributed by atoms with E-state index in [9.17, 15) is 8.42 Å². The maximum absolute atomic E-state index is 13.5. The molecule has 1 aromatic rings. The Morgan fingerprint density at radius 2 is 1.69 bits per heavy atom. The van der Waals surface area contributed by atoms with Crippen LogP contribution in [0.2, 0.25) is 0 Å². The van der Waals surface area contributed by atoms with Gasteiger partial charge in [-0.25, -0.2) is 8.42 Å². The highest BCUT2D eigenvalue weighted by atomic mass is 33.1. The van der Waals surface area contributed by atoms with Crippen LogP contribution in [0.1, 0.15) is 46.0 Å². The molecule has 1 fully saturated rings. The summed E-state index contributed by atoms with van der Waals surface area (Å²) in [5, 5.41) is 3.35. The standard InChI is InChI=1S/C21H37N3O2S3/c1-4-6-16-23(5-2)17-7-18-24(19-12-14-22-15-13-19)29(25,26)21-10-8-20(9-11-21)28-27-3/h8-11,19,22H,4-7,12-18H2,1-3H3. The molecule has 166 valence electrons. The monoisotopic (exact) mass is 459 g/mol. The van der Waals surface area contributed by atoms with Crippen LogP contribution in [0.15, 0.2) is 34.1 Å². The van der Waals surface area contributed by atoms with Crippen molar-refractivity contribution >= 4 is 31.6 Å². The largest absolute Gasteiger partial charge is 0.317 e. The van der Waals surface area contributed by atoms with Crippen LogP contribution in [0.5, 0.6) is 0 Å². The van der Waals surface area contributed by atoms with Crippen molar-refractivity contribution in [2.24, 2.45) is 0 Å². The summed E-state index contributed by atoms with van der Waals surface area (Å²) in [6, 6.07) is 7.45. The average molecular weight is 460 g/mol. The highest BCUT2D eigenvalue weighted by Gasteiger charge is 2.32. The molecule has 5 nitrogen and oxygen atoms in total. The molecule has 0 saturated carbocycles. The van der Waals surface area contributed by atoms with Gasteiger partial charge in [0.2, 0.25) is 10.0 Å². The molecule has 1 aromatic carbocycles. The van der Waals surface area contributed by atoms with Crippen molar-refractivity contribution in [2.75, 3.05) is 45.5 Å². The molecule has 0 bridgehead atoms. The van der Waals surface area contributed by atoms with Gasteiger partial charge in [-0.2, -0.15) is 4.31 Å². The fourth-order valence-electron chi connectivity index (χ4n) is 3.75. The molecule has 0 aliphatic carbocycles. The zero-order chi connectivity index (χ0) is 21.1. The molecule has 2 rings (SSSR count). The van der Waals surface area contributed by atoms with E-state index >= 15 is 0 Å². The van der Waals surface area contributed by atoms with Crippen LogP contribution in [-0.2, 0) is 10.0 Å². The van der Waals surface area contributed by atoms with Gasteiger partial charge in [0, 0.05) is 17.5 Å². The summed E-state index contributed by atoms with van der Waals surface area (Å²) < 4.78 is 28.8. The molecular formula is C21H37N3O2S3. The van der Waals surface area contributed by atoms with Crippen molar-refractivity contribution in [3.05, 3.63) is 24.3 Å². The summed E-state index contributed by atoms with van der Waals surface area (Å²) >= 11 is 0. The molecule has 29 heavy (non-hydrogen) atoms. The number of nitrogens with zero attached hydrogens (tertiary/aromatic N) is 2. The number of unbranched alkanes of at least 4 members (excludes halogenated alkanes) is 1. The van der Waals surface area contributed by atoms with Gasteiger partial charge in [-0.3, -0.25) is 0 Å². The number of benzene rings is 1. The van der Waals surface area contributed by atoms with E-state index in [2.05, 4.69) is 24.1 Å². The predicted molar refractivity (Wildman–Crippen MR) is 127 cm³/mol. The second-order valence-electron chi connectivity index (χ2n) is 7.46. The Kier molecular flexibility index (Phi) is 11.4. The van der Waals surface area contributed by atoms with Crippen molar-refractivity contribution in [1.82, 2.24) is 14.5 Å². The SMILES string of the molecule is CCCCN(CC)CCCN(C1CCNCC1)S(=O)(=O)c1ccc(SSC)cc1. The van der Waals surface area contributed by atoms with Gasteiger partial charge in [0.05, 0.1) is 4.90 Å². The van der Waals surface area contributed by atoms with E-state index in [1.165, 1.54) is 12.8 Å². The molecular weight excluding hydrogens is 422 g/mol. The van der Waals surface area contributed by atoms with Crippen LogP contribution in [-0.4, -0.2) is 69.2 Å². The number of rotatable bonds is 13. The minimum Gasteiger partial charge on any atom is -0.317 e. The molecule has 0 aromatic heterocycles. The van der Waals surface area contributed by atoms with Gasteiger partial charge in [0.15, 0.2) is 0 Å². The molecule has 1 N–H and O–H groups in total. The lowest BCUT2D eigenvalue weighted by Crippen LogP contribution is -2.47. The Labute approximate surface area is 185 Å². The van der Waals surface area contributed by atoms with Gasteiger partial charge in [-0.05, 0) is 88.9 Å². The summed E-state index contributed by atoms with van der Waals surface area (Å²) in [7, 11) is -0.168. The second-order valence-corrected chi connectivity index (χ2v) is 11.8. The van der Waals surface area contributed by atoms with Crippen molar-refractivity contribution in [3.63, 3.8) is 0 Å². The fraction of sp³-hybridized carbons (Fsp3) is 0.714. The lowest BCUT2D eigenvalue weighted by Gasteiger charge is -2.34. The third-order valence-corrected chi connectivity index (χ3v) is 9.13. The number of nitrogens with one attached hydrogen (secondary N) is 1. The fourth-order valence-corrected chi connectivity index (χ4v) is 6.83. The van der Waals surface area contributed by atoms with E-state index in [1.807, 2.05) is 18.4 Å². The van der Waals surface area contributed by atoms with Crippen LogP contribution in [0.4, 0.5) is 0 Å². The van der Waals surface area contributed by atoms with Crippen LogP contribution >= 0.6 is 21.6 Å². The molecule has 0 radical (unpaired) electrons. The minimum atomic E-state index is -3.48. The maximum atomic E-state index is 13.5.